The predicted octanol–water partition coefficient (Wildman–Crippen LogP) is 1.78. The van der Waals surface area contributed by atoms with Crippen LogP contribution in [0.5, 0.6) is 0 Å². The fourth-order valence-electron chi connectivity index (χ4n) is 3.09. The van der Waals surface area contributed by atoms with E-state index >= 15 is 0 Å². The van der Waals surface area contributed by atoms with E-state index in [0.29, 0.717) is 26.2 Å². The Morgan fingerprint density at radius 3 is 2.06 bits per heavy atom. The zero-order chi connectivity index (χ0) is 26.9. The quantitative estimate of drug-likeness (QED) is 0.350. The molecule has 0 spiro atoms. The van der Waals surface area contributed by atoms with E-state index in [2.05, 4.69) is 20.6 Å². The summed E-state index contributed by atoms with van der Waals surface area (Å²) in [6.45, 7) is 1.19. The summed E-state index contributed by atoms with van der Waals surface area (Å²) in [5.74, 6) is -1.01. The number of halogens is 1. The molecule has 0 bridgehead atoms. The number of benzene rings is 2. The molecule has 0 amide bonds. The second kappa shape index (κ2) is 10.1. The standard InChI is InChI=1S/C20H23FN6O6S3/c1-13-4-7-16(10-18(13)36(22,32)33)25-20-23-11-17(21)19(26-20)24-15-8-5-14(6-9-15)12-27(34(2,28)29)35(3,30)31/h4-11H,12H2,1-3H3,(H2,22,32,33)(H2,23,24,25,26). The Morgan fingerprint density at radius 2 is 1.50 bits per heavy atom. The Bertz CT molecular complexity index is 1580. The number of aryl methyl sites for hydroxylation is 1. The van der Waals surface area contributed by atoms with Crippen molar-refractivity contribution in [2.45, 2.75) is 18.4 Å². The van der Waals surface area contributed by atoms with E-state index in [1.54, 1.807) is 19.1 Å². The van der Waals surface area contributed by atoms with Crippen LogP contribution in [0.15, 0.2) is 53.6 Å². The first-order valence-electron chi connectivity index (χ1n) is 10.0. The van der Waals surface area contributed by atoms with Gasteiger partial charge in [0.2, 0.25) is 36.0 Å². The Balaban J connectivity index is 1.80. The van der Waals surface area contributed by atoms with Crippen molar-refractivity contribution < 1.29 is 29.6 Å². The summed E-state index contributed by atoms with van der Waals surface area (Å²) in [7, 11) is -12.0. The number of primary sulfonamides is 1. The third kappa shape index (κ3) is 6.94. The van der Waals surface area contributed by atoms with E-state index in [-0.39, 0.29) is 16.7 Å². The zero-order valence-corrected chi connectivity index (χ0v) is 21.7. The minimum Gasteiger partial charge on any atom is -0.338 e. The molecule has 4 N–H and O–H groups in total. The highest BCUT2D eigenvalue weighted by Gasteiger charge is 2.26. The molecular formula is C20H23FN6O6S3. The summed E-state index contributed by atoms with van der Waals surface area (Å²) >= 11 is 0. The highest BCUT2D eigenvalue weighted by Crippen LogP contribution is 2.24. The van der Waals surface area contributed by atoms with Crippen molar-refractivity contribution in [3.63, 3.8) is 0 Å². The Morgan fingerprint density at radius 1 is 0.917 bits per heavy atom. The molecule has 0 aliphatic heterocycles. The summed E-state index contributed by atoms with van der Waals surface area (Å²) in [5.41, 5.74) is 1.52. The van der Waals surface area contributed by atoms with Crippen molar-refractivity contribution in [2.24, 2.45) is 5.14 Å². The number of rotatable bonds is 9. The third-order valence-electron chi connectivity index (χ3n) is 4.76. The van der Waals surface area contributed by atoms with Gasteiger partial charge in [-0.2, -0.15) is 4.98 Å². The summed E-state index contributed by atoms with van der Waals surface area (Å²) in [6, 6.07) is 10.4. The van der Waals surface area contributed by atoms with Crippen molar-refractivity contribution in [3.05, 3.63) is 65.6 Å². The Hall–Kier alpha value is -3.18. The Labute approximate surface area is 208 Å². The number of nitrogens with zero attached hydrogens (tertiary/aromatic N) is 3. The van der Waals surface area contributed by atoms with Gasteiger partial charge in [-0.3, -0.25) is 0 Å². The molecule has 194 valence electrons. The lowest BCUT2D eigenvalue weighted by Gasteiger charge is -2.17. The van der Waals surface area contributed by atoms with Gasteiger partial charge in [0.1, 0.15) is 0 Å². The average Bonchev–Trinajstić information content (AvgIpc) is 2.74. The first-order valence-corrected chi connectivity index (χ1v) is 15.3. The summed E-state index contributed by atoms with van der Waals surface area (Å²) in [5, 5.41) is 10.8. The minimum absolute atomic E-state index is 0.0308. The molecule has 1 heterocycles. The molecule has 0 aliphatic rings. The van der Waals surface area contributed by atoms with Gasteiger partial charge in [-0.15, -0.1) is 0 Å². The molecule has 0 radical (unpaired) electrons. The van der Waals surface area contributed by atoms with Crippen LogP contribution in [0.3, 0.4) is 0 Å². The van der Waals surface area contributed by atoms with Gasteiger partial charge in [-0.05, 0) is 42.3 Å². The van der Waals surface area contributed by atoms with E-state index in [4.69, 9.17) is 5.14 Å². The van der Waals surface area contributed by atoms with Crippen LogP contribution in [0, 0.1) is 12.7 Å². The molecule has 1 aromatic heterocycles. The van der Waals surface area contributed by atoms with Crippen molar-refractivity contribution in [1.29, 1.82) is 0 Å². The monoisotopic (exact) mass is 558 g/mol. The minimum atomic E-state index is -4.01. The maximum Gasteiger partial charge on any atom is 0.238 e. The lowest BCUT2D eigenvalue weighted by Crippen LogP contribution is -2.34. The van der Waals surface area contributed by atoms with E-state index in [1.807, 2.05) is 0 Å². The van der Waals surface area contributed by atoms with Gasteiger partial charge in [0.05, 0.1) is 30.1 Å². The lowest BCUT2D eigenvalue weighted by molar-refractivity contribution is 0.503. The number of nitrogens with one attached hydrogen (secondary N) is 2. The number of hydrogen-bond donors (Lipinski definition) is 3. The molecule has 36 heavy (non-hydrogen) atoms. The first-order chi connectivity index (χ1) is 16.5. The highest BCUT2D eigenvalue weighted by atomic mass is 32.3. The molecule has 3 aromatic rings. The third-order valence-corrected chi connectivity index (χ3v) is 9.18. The summed E-state index contributed by atoms with van der Waals surface area (Å²) < 4.78 is 85.4. The van der Waals surface area contributed by atoms with Crippen LogP contribution in [0.25, 0.3) is 0 Å². The highest BCUT2D eigenvalue weighted by molar-refractivity contribution is 8.03. The van der Waals surface area contributed by atoms with Gasteiger partial charge < -0.3 is 10.6 Å². The second-order valence-electron chi connectivity index (χ2n) is 7.82. The van der Waals surface area contributed by atoms with Gasteiger partial charge in [-0.25, -0.2) is 39.8 Å². The number of aromatic nitrogens is 2. The van der Waals surface area contributed by atoms with Crippen LogP contribution in [0.1, 0.15) is 11.1 Å². The van der Waals surface area contributed by atoms with Crippen molar-refractivity contribution >= 4 is 53.2 Å². The number of anilines is 4. The SMILES string of the molecule is Cc1ccc(Nc2ncc(F)c(Nc3ccc(CN(S(C)(=O)=O)S(C)(=O)=O)cc3)n2)cc1S(N)(=O)=O. The largest absolute Gasteiger partial charge is 0.338 e. The maximum atomic E-state index is 14.3. The van der Waals surface area contributed by atoms with Crippen LogP contribution in [0.4, 0.5) is 27.5 Å². The normalized spacial score (nSPS) is 12.5. The van der Waals surface area contributed by atoms with E-state index in [1.165, 1.54) is 30.3 Å². The zero-order valence-electron chi connectivity index (χ0n) is 19.3. The summed E-state index contributed by atoms with van der Waals surface area (Å²) in [4.78, 5) is 7.82. The molecule has 0 unspecified atom stereocenters. The van der Waals surface area contributed by atoms with Gasteiger partial charge in [0, 0.05) is 11.4 Å². The van der Waals surface area contributed by atoms with Crippen molar-refractivity contribution in [3.8, 4) is 0 Å². The lowest BCUT2D eigenvalue weighted by atomic mass is 10.2. The van der Waals surface area contributed by atoms with E-state index < -0.39 is 42.4 Å². The van der Waals surface area contributed by atoms with Crippen molar-refractivity contribution in [2.75, 3.05) is 23.1 Å². The van der Waals surface area contributed by atoms with Crippen LogP contribution in [-0.2, 0) is 36.6 Å². The van der Waals surface area contributed by atoms with Crippen LogP contribution < -0.4 is 15.8 Å². The van der Waals surface area contributed by atoms with E-state index in [0.717, 1.165) is 18.7 Å². The molecule has 3 rings (SSSR count). The van der Waals surface area contributed by atoms with Gasteiger partial charge in [0.25, 0.3) is 0 Å². The number of sulfonamides is 3. The Kier molecular flexibility index (Phi) is 7.66. The van der Waals surface area contributed by atoms with Crippen LogP contribution >= 0.6 is 0 Å². The molecule has 0 saturated carbocycles. The molecule has 0 saturated heterocycles. The average molecular weight is 559 g/mol. The van der Waals surface area contributed by atoms with Gasteiger partial charge >= 0.3 is 0 Å². The molecule has 0 aliphatic carbocycles. The first kappa shape index (κ1) is 27.4. The molecule has 0 fully saturated rings. The molecule has 16 heteroatoms. The van der Waals surface area contributed by atoms with Crippen molar-refractivity contribution in [1.82, 2.24) is 13.7 Å². The number of hydrogen-bond acceptors (Lipinski definition) is 10. The fourth-order valence-corrected chi connectivity index (χ4v) is 6.63. The molecule has 2 aromatic carbocycles. The van der Waals surface area contributed by atoms with Gasteiger partial charge in [-0.1, -0.05) is 21.9 Å². The number of nitrogens with two attached hydrogens (primary N) is 1. The van der Waals surface area contributed by atoms with Crippen LogP contribution in [0.2, 0.25) is 0 Å². The molecule has 0 atom stereocenters. The predicted molar refractivity (Wildman–Crippen MR) is 133 cm³/mol. The fraction of sp³-hybridized carbons (Fsp3) is 0.200. The maximum absolute atomic E-state index is 14.3. The van der Waals surface area contributed by atoms with Crippen LogP contribution in [-0.4, -0.2) is 51.4 Å². The topological polar surface area (TPSA) is 182 Å². The van der Waals surface area contributed by atoms with E-state index in [9.17, 15) is 29.6 Å². The molecule has 12 nitrogen and oxygen atoms in total. The molecular weight excluding hydrogens is 535 g/mol. The van der Waals surface area contributed by atoms with Gasteiger partial charge in [0.15, 0.2) is 11.6 Å². The second-order valence-corrected chi connectivity index (χ2v) is 13.4. The smallest absolute Gasteiger partial charge is 0.238 e. The summed E-state index contributed by atoms with van der Waals surface area (Å²) in [6.07, 6.45) is 2.50.